The van der Waals surface area contributed by atoms with E-state index < -0.39 is 17.8 Å². The summed E-state index contributed by atoms with van der Waals surface area (Å²) < 4.78 is 12.8. The normalized spacial score (nSPS) is 12.7. The van der Waals surface area contributed by atoms with E-state index in [2.05, 4.69) is 5.32 Å². The molecule has 0 unspecified atom stereocenters. The van der Waals surface area contributed by atoms with Crippen LogP contribution in [-0.4, -0.2) is 17.1 Å². The van der Waals surface area contributed by atoms with Crippen LogP contribution in [0.4, 0.5) is 4.39 Å². The van der Waals surface area contributed by atoms with Gasteiger partial charge in [0.1, 0.15) is 11.9 Å². The zero-order valence-electron chi connectivity index (χ0n) is 10.4. The van der Waals surface area contributed by atoms with Crippen LogP contribution >= 0.6 is 11.6 Å². The second kappa shape index (κ2) is 6.71. The average Bonchev–Trinajstić information content (AvgIpc) is 2.25. The number of nitrogens with one attached hydrogen (secondary N) is 1. The molecule has 0 aliphatic carbocycles. The Morgan fingerprint density at radius 3 is 2.67 bits per heavy atom. The smallest absolute Gasteiger partial charge is 0.320 e. The topological polar surface area (TPSA) is 49.3 Å². The zero-order chi connectivity index (χ0) is 13.7. The molecule has 1 aromatic rings. The fraction of sp³-hybridized carbons (Fsp3) is 0.462. The Kier molecular flexibility index (Phi) is 5.56. The van der Waals surface area contributed by atoms with Crippen LogP contribution in [0.25, 0.3) is 0 Å². The lowest BCUT2D eigenvalue weighted by Gasteiger charge is -2.16. The maximum Gasteiger partial charge on any atom is 0.320 e. The number of carboxylic acids is 1. The molecule has 3 nitrogen and oxygen atoms in total. The molecule has 0 fully saturated rings. The van der Waals surface area contributed by atoms with Gasteiger partial charge in [0.05, 0.1) is 0 Å². The van der Waals surface area contributed by atoms with Crippen LogP contribution in [0.5, 0.6) is 0 Å². The molecule has 0 saturated carbocycles. The van der Waals surface area contributed by atoms with Crippen molar-refractivity contribution < 1.29 is 14.3 Å². The number of rotatable bonds is 6. The lowest BCUT2D eigenvalue weighted by molar-refractivity contribution is -0.140. The van der Waals surface area contributed by atoms with E-state index in [-0.39, 0.29) is 5.92 Å². The van der Waals surface area contributed by atoms with E-state index in [4.69, 9.17) is 16.7 Å². The minimum atomic E-state index is -0.887. The summed E-state index contributed by atoms with van der Waals surface area (Å²) in [6.07, 6.45) is 0.536. The van der Waals surface area contributed by atoms with Crippen LogP contribution in [0.2, 0.25) is 5.02 Å². The molecule has 0 bridgehead atoms. The molecule has 1 aromatic carbocycles. The molecule has 0 radical (unpaired) electrons. The predicted octanol–water partition coefficient (Wildman–Crippen LogP) is 3.07. The second-order valence-electron chi connectivity index (χ2n) is 4.64. The maximum absolute atomic E-state index is 12.8. The van der Waals surface area contributed by atoms with Gasteiger partial charge in [-0.3, -0.25) is 4.79 Å². The van der Waals surface area contributed by atoms with Crippen molar-refractivity contribution in [2.24, 2.45) is 5.92 Å². The van der Waals surface area contributed by atoms with Crippen LogP contribution in [0.1, 0.15) is 25.8 Å². The number of carboxylic acid groups (broad SMARTS) is 1. The van der Waals surface area contributed by atoms with Gasteiger partial charge in [0.15, 0.2) is 0 Å². The zero-order valence-corrected chi connectivity index (χ0v) is 11.2. The molecule has 0 amide bonds. The molecule has 0 aliphatic heterocycles. The standard InChI is InChI=1S/C13H17ClFNO2/c1-8(2)5-12(13(17)18)16-7-9-3-4-10(15)6-11(9)14/h3-4,6,8,12,16H,5,7H2,1-2H3,(H,17,18)/t12-/m0/s1. The highest BCUT2D eigenvalue weighted by atomic mass is 35.5. The van der Waals surface area contributed by atoms with Crippen LogP contribution in [0.3, 0.4) is 0 Å². The minimum Gasteiger partial charge on any atom is -0.480 e. The van der Waals surface area contributed by atoms with Crippen molar-refractivity contribution in [1.82, 2.24) is 5.32 Å². The van der Waals surface area contributed by atoms with Gasteiger partial charge in [0, 0.05) is 11.6 Å². The average molecular weight is 274 g/mol. The highest BCUT2D eigenvalue weighted by molar-refractivity contribution is 6.31. The van der Waals surface area contributed by atoms with Crippen LogP contribution in [0.15, 0.2) is 18.2 Å². The van der Waals surface area contributed by atoms with E-state index in [0.717, 1.165) is 0 Å². The highest BCUT2D eigenvalue weighted by Crippen LogP contribution is 2.17. The first-order valence-corrected chi connectivity index (χ1v) is 6.18. The van der Waals surface area contributed by atoms with Gasteiger partial charge in [0.2, 0.25) is 0 Å². The van der Waals surface area contributed by atoms with Crippen LogP contribution < -0.4 is 5.32 Å². The van der Waals surface area contributed by atoms with Gasteiger partial charge in [-0.2, -0.15) is 0 Å². The lowest BCUT2D eigenvalue weighted by Crippen LogP contribution is -2.37. The van der Waals surface area contributed by atoms with Crippen molar-refractivity contribution >= 4 is 17.6 Å². The largest absolute Gasteiger partial charge is 0.480 e. The van der Waals surface area contributed by atoms with Crippen molar-refractivity contribution in [3.05, 3.63) is 34.6 Å². The Hall–Kier alpha value is -1.13. The van der Waals surface area contributed by atoms with Crippen LogP contribution in [-0.2, 0) is 11.3 Å². The van der Waals surface area contributed by atoms with Gasteiger partial charge in [-0.1, -0.05) is 31.5 Å². The van der Waals surface area contributed by atoms with Gasteiger partial charge < -0.3 is 10.4 Å². The minimum absolute atomic E-state index is 0.280. The summed E-state index contributed by atoms with van der Waals surface area (Å²) in [6.45, 7) is 4.23. The van der Waals surface area contributed by atoms with E-state index in [1.54, 1.807) is 6.07 Å². The van der Waals surface area contributed by atoms with Crippen molar-refractivity contribution in [1.29, 1.82) is 0 Å². The molecular weight excluding hydrogens is 257 g/mol. The number of aliphatic carboxylic acids is 1. The molecule has 1 rings (SSSR count). The van der Waals surface area contributed by atoms with E-state index in [9.17, 15) is 9.18 Å². The number of halogens is 2. The number of carbonyl (C=O) groups is 1. The van der Waals surface area contributed by atoms with E-state index in [0.29, 0.717) is 23.6 Å². The van der Waals surface area contributed by atoms with E-state index in [1.165, 1.54) is 12.1 Å². The summed E-state index contributed by atoms with van der Waals surface area (Å²) >= 11 is 5.87. The fourth-order valence-corrected chi connectivity index (χ4v) is 1.88. The molecule has 0 heterocycles. The molecule has 5 heteroatoms. The van der Waals surface area contributed by atoms with Crippen molar-refractivity contribution in [3.63, 3.8) is 0 Å². The third-order valence-corrected chi connectivity index (χ3v) is 2.91. The van der Waals surface area contributed by atoms with E-state index in [1.807, 2.05) is 13.8 Å². The van der Waals surface area contributed by atoms with E-state index >= 15 is 0 Å². The molecule has 18 heavy (non-hydrogen) atoms. The quantitative estimate of drug-likeness (QED) is 0.837. The summed E-state index contributed by atoms with van der Waals surface area (Å²) in [5, 5.41) is 12.3. The molecule has 0 aliphatic rings. The SMILES string of the molecule is CC(C)C[C@H](NCc1ccc(F)cc1Cl)C(=O)O. The molecule has 0 aromatic heterocycles. The van der Waals surface area contributed by atoms with Crippen LogP contribution in [0, 0.1) is 11.7 Å². The Morgan fingerprint density at radius 2 is 2.17 bits per heavy atom. The van der Waals surface area contributed by atoms with Crippen molar-refractivity contribution in [3.8, 4) is 0 Å². The first-order chi connectivity index (χ1) is 8.40. The third kappa shape index (κ3) is 4.63. The summed E-state index contributed by atoms with van der Waals surface area (Å²) in [4.78, 5) is 11.0. The predicted molar refractivity (Wildman–Crippen MR) is 69.1 cm³/mol. The first-order valence-electron chi connectivity index (χ1n) is 5.80. The second-order valence-corrected chi connectivity index (χ2v) is 5.04. The van der Waals surface area contributed by atoms with Gasteiger partial charge in [-0.25, -0.2) is 4.39 Å². The maximum atomic E-state index is 12.8. The third-order valence-electron chi connectivity index (χ3n) is 2.56. The number of benzene rings is 1. The monoisotopic (exact) mass is 273 g/mol. The van der Waals surface area contributed by atoms with Gasteiger partial charge in [-0.15, -0.1) is 0 Å². The molecule has 100 valence electrons. The Bertz CT molecular complexity index is 423. The van der Waals surface area contributed by atoms with Gasteiger partial charge in [0.25, 0.3) is 0 Å². The Morgan fingerprint density at radius 1 is 1.50 bits per heavy atom. The molecule has 1 atom stereocenters. The number of hydrogen-bond acceptors (Lipinski definition) is 2. The summed E-state index contributed by atoms with van der Waals surface area (Å²) in [5.74, 6) is -1.01. The van der Waals surface area contributed by atoms with Crippen molar-refractivity contribution in [2.75, 3.05) is 0 Å². The summed E-state index contributed by atoms with van der Waals surface area (Å²) in [7, 11) is 0. The summed E-state index contributed by atoms with van der Waals surface area (Å²) in [6, 6.07) is 3.46. The van der Waals surface area contributed by atoms with Crippen molar-refractivity contribution in [2.45, 2.75) is 32.9 Å². The molecule has 2 N–H and O–H groups in total. The Labute approximate surface area is 111 Å². The lowest BCUT2D eigenvalue weighted by atomic mass is 10.0. The molecular formula is C13H17ClFNO2. The first kappa shape index (κ1) is 14.9. The number of hydrogen-bond donors (Lipinski definition) is 2. The van der Waals surface area contributed by atoms with Gasteiger partial charge >= 0.3 is 5.97 Å². The highest BCUT2D eigenvalue weighted by Gasteiger charge is 2.18. The molecule has 0 spiro atoms. The molecule has 0 saturated heterocycles. The fourth-order valence-electron chi connectivity index (χ4n) is 1.64. The Balaban J connectivity index is 2.64. The van der Waals surface area contributed by atoms with Gasteiger partial charge in [-0.05, 0) is 30.0 Å². The summed E-state index contributed by atoms with van der Waals surface area (Å²) in [5.41, 5.74) is 0.688.